The highest BCUT2D eigenvalue weighted by atomic mass is 16.2. The smallest absolute Gasteiger partial charge is 0.256 e. The number of pyridine rings is 1. The summed E-state index contributed by atoms with van der Waals surface area (Å²) < 4.78 is 0. The first-order chi connectivity index (χ1) is 9.61. The van der Waals surface area contributed by atoms with Gasteiger partial charge >= 0.3 is 0 Å². The van der Waals surface area contributed by atoms with E-state index in [1.54, 1.807) is 6.92 Å². The number of aryl methyl sites for hydroxylation is 1. The Morgan fingerprint density at radius 3 is 2.75 bits per heavy atom. The van der Waals surface area contributed by atoms with E-state index in [4.69, 9.17) is 5.73 Å². The van der Waals surface area contributed by atoms with Gasteiger partial charge in [-0.1, -0.05) is 12.8 Å². The van der Waals surface area contributed by atoms with E-state index in [0.717, 1.165) is 18.5 Å². The van der Waals surface area contributed by atoms with Crippen molar-refractivity contribution in [2.75, 3.05) is 13.1 Å². The van der Waals surface area contributed by atoms with Gasteiger partial charge in [0, 0.05) is 24.5 Å². The minimum Gasteiger partial charge on any atom is -0.364 e. The molecule has 1 fully saturated rings. The number of aromatic amines is 1. The minimum absolute atomic E-state index is 0.177. The van der Waals surface area contributed by atoms with Gasteiger partial charge in [-0.3, -0.25) is 9.59 Å². The molecule has 2 rings (SSSR count). The molecule has 0 aliphatic heterocycles. The molecular weight excluding hydrogens is 254 g/mol. The molecule has 1 aliphatic rings. The lowest BCUT2D eigenvalue weighted by Crippen LogP contribution is -2.38. The maximum absolute atomic E-state index is 12.1. The highest BCUT2D eigenvalue weighted by Gasteiger charge is 2.24. The quantitative estimate of drug-likeness (QED) is 0.772. The summed E-state index contributed by atoms with van der Waals surface area (Å²) in [4.78, 5) is 26.7. The number of nitrogens with one attached hydrogen (secondary N) is 2. The summed E-state index contributed by atoms with van der Waals surface area (Å²) in [6.45, 7) is 3.07. The van der Waals surface area contributed by atoms with Gasteiger partial charge < -0.3 is 16.0 Å². The van der Waals surface area contributed by atoms with Crippen LogP contribution in [0.2, 0.25) is 0 Å². The van der Waals surface area contributed by atoms with Crippen molar-refractivity contribution in [2.24, 2.45) is 17.6 Å². The standard InChI is InChI=1S/C15H23N3O2/c1-10-6-14(19)13(9-17-10)15(20)18-8-12-5-3-2-4-11(12)7-16/h6,9,11-12H,2-5,7-8,16H2,1H3,(H,17,19)(H,18,20). The van der Waals surface area contributed by atoms with Crippen LogP contribution in [-0.2, 0) is 0 Å². The summed E-state index contributed by atoms with van der Waals surface area (Å²) in [6, 6.07) is 1.44. The fourth-order valence-corrected chi connectivity index (χ4v) is 2.93. The minimum atomic E-state index is -0.299. The third kappa shape index (κ3) is 3.48. The second-order valence-corrected chi connectivity index (χ2v) is 5.64. The second kappa shape index (κ2) is 6.70. The third-order valence-corrected chi connectivity index (χ3v) is 4.20. The average Bonchev–Trinajstić information content (AvgIpc) is 2.45. The zero-order chi connectivity index (χ0) is 14.5. The number of hydrogen-bond donors (Lipinski definition) is 3. The first kappa shape index (κ1) is 14.8. The van der Waals surface area contributed by atoms with Crippen LogP contribution < -0.4 is 16.5 Å². The molecule has 1 aromatic heterocycles. The number of carbonyl (C=O) groups excluding carboxylic acids is 1. The molecule has 4 N–H and O–H groups in total. The molecule has 5 nitrogen and oxygen atoms in total. The Bertz CT molecular complexity index is 524. The van der Waals surface area contributed by atoms with Crippen LogP contribution in [0.5, 0.6) is 0 Å². The predicted molar refractivity (Wildman–Crippen MR) is 78.6 cm³/mol. The Labute approximate surface area is 119 Å². The largest absolute Gasteiger partial charge is 0.364 e. The van der Waals surface area contributed by atoms with Gasteiger partial charge in [-0.05, 0) is 38.1 Å². The highest BCUT2D eigenvalue weighted by Crippen LogP contribution is 2.28. The van der Waals surface area contributed by atoms with E-state index in [9.17, 15) is 9.59 Å². The fourth-order valence-electron chi connectivity index (χ4n) is 2.93. The Balaban J connectivity index is 1.96. The van der Waals surface area contributed by atoms with Crippen molar-refractivity contribution < 1.29 is 4.79 Å². The van der Waals surface area contributed by atoms with Crippen LogP contribution in [0.1, 0.15) is 41.7 Å². The first-order valence-electron chi connectivity index (χ1n) is 7.29. The number of aromatic nitrogens is 1. The molecular formula is C15H23N3O2. The molecule has 110 valence electrons. The van der Waals surface area contributed by atoms with Crippen LogP contribution in [0.15, 0.2) is 17.1 Å². The molecule has 0 saturated heterocycles. The number of carbonyl (C=O) groups is 1. The molecule has 5 heteroatoms. The van der Waals surface area contributed by atoms with Crippen molar-refractivity contribution in [1.82, 2.24) is 10.3 Å². The molecule has 0 bridgehead atoms. The van der Waals surface area contributed by atoms with E-state index in [1.165, 1.54) is 25.1 Å². The normalized spacial score (nSPS) is 22.5. The molecule has 0 spiro atoms. The van der Waals surface area contributed by atoms with Gasteiger partial charge in [-0.25, -0.2) is 0 Å². The number of amides is 1. The Morgan fingerprint density at radius 2 is 2.10 bits per heavy atom. The molecule has 1 aromatic rings. The zero-order valence-electron chi connectivity index (χ0n) is 11.9. The van der Waals surface area contributed by atoms with Gasteiger partial charge in [-0.15, -0.1) is 0 Å². The van der Waals surface area contributed by atoms with Crippen molar-refractivity contribution in [3.05, 3.63) is 33.7 Å². The zero-order valence-corrected chi connectivity index (χ0v) is 11.9. The van der Waals surface area contributed by atoms with Crippen LogP contribution in [0.25, 0.3) is 0 Å². The summed E-state index contributed by atoms with van der Waals surface area (Å²) in [5, 5.41) is 2.88. The average molecular weight is 277 g/mol. The summed E-state index contributed by atoms with van der Waals surface area (Å²) in [7, 11) is 0. The van der Waals surface area contributed by atoms with E-state index < -0.39 is 0 Å². The van der Waals surface area contributed by atoms with Crippen LogP contribution in [-0.4, -0.2) is 24.0 Å². The molecule has 1 saturated carbocycles. The number of hydrogen-bond acceptors (Lipinski definition) is 3. The summed E-state index contributed by atoms with van der Waals surface area (Å²) >= 11 is 0. The van der Waals surface area contributed by atoms with Gasteiger partial charge in [0.15, 0.2) is 5.43 Å². The fraction of sp³-hybridized carbons (Fsp3) is 0.600. The SMILES string of the molecule is Cc1cc(=O)c(C(=O)NCC2CCCCC2CN)c[nH]1. The van der Waals surface area contributed by atoms with Crippen LogP contribution in [0.4, 0.5) is 0 Å². The van der Waals surface area contributed by atoms with E-state index in [2.05, 4.69) is 10.3 Å². The van der Waals surface area contributed by atoms with Crippen molar-refractivity contribution >= 4 is 5.91 Å². The number of nitrogens with two attached hydrogens (primary N) is 1. The molecule has 1 amide bonds. The number of rotatable bonds is 4. The molecule has 20 heavy (non-hydrogen) atoms. The van der Waals surface area contributed by atoms with Crippen molar-refractivity contribution in [2.45, 2.75) is 32.6 Å². The van der Waals surface area contributed by atoms with Crippen molar-refractivity contribution in [3.8, 4) is 0 Å². The van der Waals surface area contributed by atoms with Crippen LogP contribution in [0.3, 0.4) is 0 Å². The lowest BCUT2D eigenvalue weighted by atomic mass is 9.79. The van der Waals surface area contributed by atoms with Gasteiger partial charge in [0.05, 0.1) is 0 Å². The van der Waals surface area contributed by atoms with Gasteiger partial charge in [0.1, 0.15) is 5.56 Å². The van der Waals surface area contributed by atoms with E-state index in [1.807, 2.05) is 0 Å². The topological polar surface area (TPSA) is 88.0 Å². The predicted octanol–water partition coefficient (Wildman–Crippen LogP) is 1.18. The lowest BCUT2D eigenvalue weighted by molar-refractivity contribution is 0.0933. The number of H-pyrrole nitrogens is 1. The molecule has 2 atom stereocenters. The maximum atomic E-state index is 12.1. The first-order valence-corrected chi connectivity index (χ1v) is 7.29. The Hall–Kier alpha value is -1.62. The second-order valence-electron chi connectivity index (χ2n) is 5.64. The van der Waals surface area contributed by atoms with Crippen LogP contribution >= 0.6 is 0 Å². The van der Waals surface area contributed by atoms with E-state index in [-0.39, 0.29) is 16.9 Å². The van der Waals surface area contributed by atoms with Gasteiger partial charge in [0.25, 0.3) is 5.91 Å². The molecule has 0 aromatic carbocycles. The maximum Gasteiger partial charge on any atom is 0.256 e. The molecule has 1 aliphatic carbocycles. The molecule has 1 heterocycles. The highest BCUT2D eigenvalue weighted by molar-refractivity contribution is 5.93. The van der Waals surface area contributed by atoms with Crippen LogP contribution in [0, 0.1) is 18.8 Å². The summed E-state index contributed by atoms with van der Waals surface area (Å²) in [5.41, 5.74) is 6.47. The van der Waals surface area contributed by atoms with Crippen molar-refractivity contribution in [3.63, 3.8) is 0 Å². The Morgan fingerprint density at radius 1 is 1.40 bits per heavy atom. The van der Waals surface area contributed by atoms with Gasteiger partial charge in [0.2, 0.25) is 0 Å². The Kier molecular flexibility index (Phi) is 4.95. The third-order valence-electron chi connectivity index (χ3n) is 4.20. The molecule has 2 unspecified atom stereocenters. The summed E-state index contributed by atoms with van der Waals surface area (Å²) in [5.74, 6) is 0.621. The monoisotopic (exact) mass is 277 g/mol. The van der Waals surface area contributed by atoms with E-state index in [0.29, 0.717) is 24.9 Å². The van der Waals surface area contributed by atoms with E-state index >= 15 is 0 Å². The van der Waals surface area contributed by atoms with Crippen molar-refractivity contribution in [1.29, 1.82) is 0 Å². The lowest BCUT2D eigenvalue weighted by Gasteiger charge is -2.30. The van der Waals surface area contributed by atoms with Gasteiger partial charge in [-0.2, -0.15) is 0 Å². The molecule has 0 radical (unpaired) electrons. The summed E-state index contributed by atoms with van der Waals surface area (Å²) in [6.07, 6.45) is 6.15.